The van der Waals surface area contributed by atoms with Gasteiger partial charge >= 0.3 is 0 Å². The largest absolute Gasteiger partial charge is 0.358 e. The van der Waals surface area contributed by atoms with E-state index in [0.717, 1.165) is 6.54 Å². The van der Waals surface area contributed by atoms with Gasteiger partial charge < -0.3 is 11.1 Å². The molecule has 0 rings (SSSR count). The summed E-state index contributed by atoms with van der Waals surface area (Å²) >= 11 is 0. The summed E-state index contributed by atoms with van der Waals surface area (Å²) in [4.78, 5) is 13.6. The van der Waals surface area contributed by atoms with Gasteiger partial charge in [0.25, 0.3) is 0 Å². The van der Waals surface area contributed by atoms with Gasteiger partial charge in [-0.1, -0.05) is 27.7 Å². The zero-order valence-corrected chi connectivity index (χ0v) is 11.5. The summed E-state index contributed by atoms with van der Waals surface area (Å²) in [7, 11) is 1.66. The van der Waals surface area contributed by atoms with Crippen LogP contribution in [0.1, 0.15) is 34.6 Å². The number of hydrogen-bond acceptors (Lipinski definition) is 3. The van der Waals surface area contributed by atoms with Crippen LogP contribution in [0.15, 0.2) is 0 Å². The third-order valence-electron chi connectivity index (χ3n) is 2.81. The Morgan fingerprint density at radius 3 is 2.19 bits per heavy atom. The molecule has 0 aliphatic heterocycles. The number of hydrogen-bond donors (Lipinski definition) is 2. The molecule has 0 aromatic carbocycles. The number of amides is 1. The van der Waals surface area contributed by atoms with Crippen LogP contribution in [-0.2, 0) is 4.79 Å². The predicted molar refractivity (Wildman–Crippen MR) is 68.2 cm³/mol. The highest BCUT2D eigenvalue weighted by molar-refractivity contribution is 5.77. The molecule has 2 unspecified atom stereocenters. The van der Waals surface area contributed by atoms with E-state index in [1.807, 2.05) is 6.92 Å². The fourth-order valence-electron chi connectivity index (χ4n) is 2.34. The van der Waals surface area contributed by atoms with Gasteiger partial charge in [-0.3, -0.25) is 9.69 Å². The molecule has 0 saturated heterocycles. The van der Waals surface area contributed by atoms with E-state index in [1.54, 1.807) is 7.05 Å². The van der Waals surface area contributed by atoms with Crippen molar-refractivity contribution >= 4 is 5.91 Å². The van der Waals surface area contributed by atoms with Gasteiger partial charge in [-0.25, -0.2) is 0 Å². The molecule has 0 heterocycles. The maximum absolute atomic E-state index is 11.4. The van der Waals surface area contributed by atoms with Gasteiger partial charge in [0.05, 0.1) is 6.54 Å². The van der Waals surface area contributed by atoms with Crippen molar-refractivity contribution in [1.29, 1.82) is 0 Å². The van der Waals surface area contributed by atoms with E-state index >= 15 is 0 Å². The van der Waals surface area contributed by atoms with Crippen molar-refractivity contribution in [2.75, 3.05) is 20.1 Å². The molecule has 96 valence electrons. The molecule has 3 N–H and O–H groups in total. The first-order valence-corrected chi connectivity index (χ1v) is 5.94. The molecule has 4 heteroatoms. The van der Waals surface area contributed by atoms with Crippen LogP contribution in [0.5, 0.6) is 0 Å². The van der Waals surface area contributed by atoms with Crippen LogP contribution in [0.4, 0.5) is 0 Å². The highest BCUT2D eigenvalue weighted by Crippen LogP contribution is 2.26. The Hall–Kier alpha value is -0.610. The van der Waals surface area contributed by atoms with E-state index < -0.39 is 0 Å². The zero-order valence-electron chi connectivity index (χ0n) is 11.5. The van der Waals surface area contributed by atoms with Gasteiger partial charge in [0.2, 0.25) is 5.91 Å². The molecule has 0 aliphatic rings. The summed E-state index contributed by atoms with van der Waals surface area (Å²) in [5, 5.41) is 2.65. The van der Waals surface area contributed by atoms with Crippen LogP contribution in [0.3, 0.4) is 0 Å². The van der Waals surface area contributed by atoms with Crippen LogP contribution in [-0.4, -0.2) is 43.0 Å². The second-order valence-electron chi connectivity index (χ2n) is 5.41. The van der Waals surface area contributed by atoms with Gasteiger partial charge in [-0.05, 0) is 18.9 Å². The summed E-state index contributed by atoms with van der Waals surface area (Å²) in [6.45, 7) is 11.8. The van der Waals surface area contributed by atoms with Crippen molar-refractivity contribution < 1.29 is 4.79 Å². The molecule has 0 aromatic rings. The lowest BCUT2D eigenvalue weighted by atomic mass is 9.81. The van der Waals surface area contributed by atoms with E-state index in [4.69, 9.17) is 5.73 Å². The van der Waals surface area contributed by atoms with Crippen LogP contribution in [0.25, 0.3) is 0 Å². The van der Waals surface area contributed by atoms with Crippen molar-refractivity contribution in [2.24, 2.45) is 11.1 Å². The second-order valence-corrected chi connectivity index (χ2v) is 5.41. The van der Waals surface area contributed by atoms with Gasteiger partial charge in [-0.15, -0.1) is 0 Å². The number of nitrogens with zero attached hydrogens (tertiary/aromatic N) is 1. The minimum absolute atomic E-state index is 0.0387. The summed E-state index contributed by atoms with van der Waals surface area (Å²) in [6.07, 6.45) is 0. The second kappa shape index (κ2) is 6.21. The molecule has 0 radical (unpaired) electrons. The number of carbonyl (C=O) groups is 1. The molecule has 0 aromatic heterocycles. The Labute approximate surface area is 99.6 Å². The number of nitrogens with one attached hydrogen (secondary N) is 1. The summed E-state index contributed by atoms with van der Waals surface area (Å²) in [5.74, 6) is 0.0387. The first-order chi connectivity index (χ1) is 7.23. The van der Waals surface area contributed by atoms with Crippen LogP contribution in [0.2, 0.25) is 0 Å². The molecule has 4 nitrogen and oxygen atoms in total. The Kier molecular flexibility index (Phi) is 5.97. The first kappa shape index (κ1) is 15.4. The van der Waals surface area contributed by atoms with E-state index in [0.29, 0.717) is 6.54 Å². The topological polar surface area (TPSA) is 58.4 Å². The van der Waals surface area contributed by atoms with Crippen molar-refractivity contribution in [3.63, 3.8) is 0 Å². The number of likely N-dealkylation sites (N-methyl/N-ethyl adjacent to an activating group) is 2. The van der Waals surface area contributed by atoms with Crippen molar-refractivity contribution in [2.45, 2.75) is 46.7 Å². The summed E-state index contributed by atoms with van der Waals surface area (Å²) < 4.78 is 0. The lowest BCUT2D eigenvalue weighted by Crippen LogP contribution is -2.55. The molecule has 0 bridgehead atoms. The van der Waals surface area contributed by atoms with Gasteiger partial charge in [0.1, 0.15) is 0 Å². The number of carbonyl (C=O) groups excluding carboxylic acids is 1. The molecule has 0 fully saturated rings. The lowest BCUT2D eigenvalue weighted by molar-refractivity contribution is -0.123. The van der Waals surface area contributed by atoms with E-state index in [2.05, 4.69) is 37.9 Å². The Morgan fingerprint density at radius 1 is 1.44 bits per heavy atom. The maximum Gasteiger partial charge on any atom is 0.233 e. The number of rotatable bonds is 5. The lowest BCUT2D eigenvalue weighted by Gasteiger charge is -2.41. The standard InChI is InChI=1S/C12H27N3O/c1-7-15(8-10(16)14-6)11(9(2)13)12(3,4)5/h9,11H,7-8,13H2,1-6H3,(H,14,16). The average Bonchev–Trinajstić information content (AvgIpc) is 2.13. The Bertz CT molecular complexity index is 221. The molecule has 0 saturated carbocycles. The van der Waals surface area contributed by atoms with Gasteiger partial charge in [-0.2, -0.15) is 0 Å². The van der Waals surface area contributed by atoms with Crippen LogP contribution in [0, 0.1) is 5.41 Å². The Morgan fingerprint density at radius 2 is 1.94 bits per heavy atom. The van der Waals surface area contributed by atoms with E-state index in [-0.39, 0.29) is 23.4 Å². The molecule has 0 spiro atoms. The van der Waals surface area contributed by atoms with Crippen molar-refractivity contribution in [3.05, 3.63) is 0 Å². The average molecular weight is 229 g/mol. The molecular weight excluding hydrogens is 202 g/mol. The number of nitrogens with two attached hydrogens (primary N) is 1. The van der Waals surface area contributed by atoms with Gasteiger partial charge in [0, 0.05) is 19.1 Å². The maximum atomic E-state index is 11.4. The minimum atomic E-state index is 0.0387. The molecule has 0 aliphatic carbocycles. The summed E-state index contributed by atoms with van der Waals surface area (Å²) in [6, 6.07) is 0.249. The smallest absolute Gasteiger partial charge is 0.233 e. The first-order valence-electron chi connectivity index (χ1n) is 5.94. The monoisotopic (exact) mass is 229 g/mol. The zero-order chi connectivity index (χ0) is 12.9. The third-order valence-corrected chi connectivity index (χ3v) is 2.81. The molecule has 2 atom stereocenters. The normalized spacial score (nSPS) is 16.0. The van der Waals surface area contributed by atoms with Crippen molar-refractivity contribution in [1.82, 2.24) is 10.2 Å². The molecular formula is C12H27N3O. The molecule has 16 heavy (non-hydrogen) atoms. The fourth-order valence-corrected chi connectivity index (χ4v) is 2.34. The highest BCUT2D eigenvalue weighted by atomic mass is 16.1. The Balaban J connectivity index is 4.79. The van der Waals surface area contributed by atoms with E-state index in [9.17, 15) is 4.79 Å². The SMILES string of the molecule is CCN(CC(=O)NC)C(C(C)N)C(C)(C)C. The predicted octanol–water partition coefficient (Wildman–Crippen LogP) is 0.816. The highest BCUT2D eigenvalue weighted by Gasteiger charge is 2.33. The minimum Gasteiger partial charge on any atom is -0.358 e. The molecule has 1 amide bonds. The quantitative estimate of drug-likeness (QED) is 0.733. The fraction of sp³-hybridized carbons (Fsp3) is 0.917. The van der Waals surface area contributed by atoms with Crippen LogP contribution < -0.4 is 11.1 Å². The van der Waals surface area contributed by atoms with Gasteiger partial charge in [0.15, 0.2) is 0 Å². The van der Waals surface area contributed by atoms with Crippen molar-refractivity contribution in [3.8, 4) is 0 Å². The van der Waals surface area contributed by atoms with E-state index in [1.165, 1.54) is 0 Å². The van der Waals surface area contributed by atoms with Crippen LogP contribution >= 0.6 is 0 Å². The summed E-state index contributed by atoms with van der Waals surface area (Å²) in [5.41, 5.74) is 6.11. The third kappa shape index (κ3) is 4.49.